The van der Waals surface area contributed by atoms with E-state index < -0.39 is 0 Å². The van der Waals surface area contributed by atoms with E-state index in [4.69, 9.17) is 0 Å². The molecule has 1 saturated heterocycles. The van der Waals surface area contributed by atoms with Crippen LogP contribution in [0.15, 0.2) is 12.2 Å². The molecule has 58 valence electrons. The van der Waals surface area contributed by atoms with Gasteiger partial charge in [-0.25, -0.2) is 0 Å². The molecule has 0 aromatic carbocycles. The summed E-state index contributed by atoms with van der Waals surface area (Å²) in [5.74, 6) is 0.674. The zero-order chi connectivity index (χ0) is 7.78. The Kier molecular flexibility index (Phi) is 1.86. The van der Waals surface area contributed by atoms with Gasteiger partial charge in [-0.05, 0) is 18.3 Å². The molecule has 0 unspecified atom stereocenters. The lowest BCUT2D eigenvalue weighted by Gasteiger charge is -2.25. The predicted molar refractivity (Wildman–Crippen MR) is 45.0 cm³/mol. The molecular formula is C9H17N. The van der Waals surface area contributed by atoms with Gasteiger partial charge in [0.05, 0.1) is 0 Å². The molecule has 1 nitrogen and oxygen atoms in total. The molecule has 1 aliphatic heterocycles. The minimum Gasteiger partial charge on any atom is -0.316 e. The van der Waals surface area contributed by atoms with Crippen LogP contribution in [0.2, 0.25) is 0 Å². The van der Waals surface area contributed by atoms with E-state index in [-0.39, 0.29) is 0 Å². The summed E-state index contributed by atoms with van der Waals surface area (Å²) in [5.41, 5.74) is 1.74. The molecule has 0 radical (unpaired) electrons. The Morgan fingerprint density at radius 3 is 2.40 bits per heavy atom. The molecule has 0 amide bonds. The van der Waals surface area contributed by atoms with E-state index in [2.05, 4.69) is 32.7 Å². The summed E-state index contributed by atoms with van der Waals surface area (Å²) in [6, 6.07) is 0. The first kappa shape index (κ1) is 7.80. The van der Waals surface area contributed by atoms with Gasteiger partial charge in [-0.1, -0.05) is 26.0 Å². The van der Waals surface area contributed by atoms with Crippen molar-refractivity contribution in [2.24, 2.45) is 11.3 Å². The summed E-state index contributed by atoms with van der Waals surface area (Å²) in [4.78, 5) is 0. The highest BCUT2D eigenvalue weighted by molar-refractivity contribution is 5.07. The molecule has 1 N–H and O–H groups in total. The van der Waals surface area contributed by atoms with Crippen molar-refractivity contribution < 1.29 is 0 Å². The number of hydrogen-bond acceptors (Lipinski definition) is 1. The molecule has 1 rings (SSSR count). The summed E-state index contributed by atoms with van der Waals surface area (Å²) >= 11 is 0. The van der Waals surface area contributed by atoms with E-state index in [1.165, 1.54) is 5.57 Å². The van der Waals surface area contributed by atoms with E-state index in [1.54, 1.807) is 0 Å². The predicted octanol–water partition coefficient (Wildman–Crippen LogP) is 1.81. The Morgan fingerprint density at radius 2 is 2.20 bits per heavy atom. The number of nitrogens with one attached hydrogen (secondary N) is 1. The van der Waals surface area contributed by atoms with Crippen LogP contribution in [0.25, 0.3) is 0 Å². The number of rotatable bonds is 1. The van der Waals surface area contributed by atoms with Gasteiger partial charge >= 0.3 is 0 Å². The van der Waals surface area contributed by atoms with Crippen molar-refractivity contribution in [3.63, 3.8) is 0 Å². The van der Waals surface area contributed by atoms with Gasteiger partial charge in [0.2, 0.25) is 0 Å². The van der Waals surface area contributed by atoms with Crippen LogP contribution in [0.5, 0.6) is 0 Å². The Labute approximate surface area is 63.5 Å². The fourth-order valence-corrected chi connectivity index (χ4v) is 1.78. The highest BCUT2D eigenvalue weighted by Crippen LogP contribution is 2.34. The van der Waals surface area contributed by atoms with Crippen LogP contribution in [0.3, 0.4) is 0 Å². The molecule has 0 bridgehead atoms. The summed E-state index contributed by atoms with van der Waals surface area (Å²) < 4.78 is 0. The minimum atomic E-state index is 0.422. The second-order valence-electron chi connectivity index (χ2n) is 4.02. The van der Waals surface area contributed by atoms with Crippen molar-refractivity contribution in [1.29, 1.82) is 0 Å². The van der Waals surface area contributed by atoms with Gasteiger partial charge in [0.1, 0.15) is 0 Å². The third-order valence-electron chi connectivity index (χ3n) is 2.47. The smallest absolute Gasteiger partial charge is 0.00225 e. The Hall–Kier alpha value is -0.300. The number of hydrogen-bond donors (Lipinski definition) is 1. The van der Waals surface area contributed by atoms with Gasteiger partial charge in [-0.15, -0.1) is 0 Å². The molecule has 0 aliphatic carbocycles. The summed E-state index contributed by atoms with van der Waals surface area (Å²) in [7, 11) is 0. The molecule has 10 heavy (non-hydrogen) atoms. The van der Waals surface area contributed by atoms with Gasteiger partial charge in [0.15, 0.2) is 0 Å². The fourth-order valence-electron chi connectivity index (χ4n) is 1.78. The summed E-state index contributed by atoms with van der Waals surface area (Å²) in [6.45, 7) is 13.0. The molecule has 1 heteroatoms. The van der Waals surface area contributed by atoms with Crippen molar-refractivity contribution in [3.05, 3.63) is 12.2 Å². The van der Waals surface area contributed by atoms with Crippen LogP contribution in [0.4, 0.5) is 0 Å². The average molecular weight is 139 g/mol. The van der Waals surface area contributed by atoms with E-state index in [9.17, 15) is 0 Å². The van der Waals surface area contributed by atoms with Crippen LogP contribution in [0, 0.1) is 11.3 Å². The molecule has 0 aromatic heterocycles. The van der Waals surface area contributed by atoms with Crippen molar-refractivity contribution in [2.45, 2.75) is 20.8 Å². The van der Waals surface area contributed by atoms with Crippen LogP contribution in [0.1, 0.15) is 20.8 Å². The van der Waals surface area contributed by atoms with E-state index in [1.807, 2.05) is 0 Å². The third-order valence-corrected chi connectivity index (χ3v) is 2.47. The molecule has 1 fully saturated rings. The zero-order valence-electron chi connectivity index (χ0n) is 7.20. The molecule has 0 aromatic rings. The molecule has 1 aliphatic rings. The van der Waals surface area contributed by atoms with Crippen molar-refractivity contribution >= 4 is 0 Å². The molecule has 1 atom stereocenters. The average Bonchev–Trinajstić information content (AvgIpc) is 2.08. The second-order valence-corrected chi connectivity index (χ2v) is 4.02. The largest absolute Gasteiger partial charge is 0.316 e. The van der Waals surface area contributed by atoms with Crippen LogP contribution in [-0.4, -0.2) is 13.1 Å². The van der Waals surface area contributed by atoms with Crippen LogP contribution >= 0.6 is 0 Å². The normalized spacial score (nSPS) is 30.5. The molecule has 1 heterocycles. The van der Waals surface area contributed by atoms with Gasteiger partial charge < -0.3 is 5.32 Å². The van der Waals surface area contributed by atoms with Crippen molar-refractivity contribution in [3.8, 4) is 0 Å². The van der Waals surface area contributed by atoms with Gasteiger partial charge in [-0.3, -0.25) is 0 Å². The van der Waals surface area contributed by atoms with Crippen LogP contribution < -0.4 is 5.32 Å². The Bertz CT molecular complexity index is 147. The zero-order valence-corrected chi connectivity index (χ0v) is 7.20. The molecule has 0 saturated carbocycles. The Balaban J connectivity index is 2.68. The highest BCUT2D eigenvalue weighted by atomic mass is 14.9. The van der Waals surface area contributed by atoms with Gasteiger partial charge in [0.25, 0.3) is 0 Å². The standard InChI is InChI=1S/C9H17N/c1-7(2)8-5-10-6-9(8,3)4/h8,10H,1,5-6H2,2-4H3/t8-/m0/s1. The SMILES string of the molecule is C=C(C)[C@@H]1CNCC1(C)C. The maximum atomic E-state index is 3.99. The minimum absolute atomic E-state index is 0.422. The Morgan fingerprint density at radius 1 is 1.60 bits per heavy atom. The van der Waals surface area contributed by atoms with E-state index >= 15 is 0 Å². The monoisotopic (exact) mass is 139 g/mol. The van der Waals surface area contributed by atoms with Gasteiger partial charge in [0, 0.05) is 13.1 Å². The summed E-state index contributed by atoms with van der Waals surface area (Å²) in [5, 5.41) is 3.38. The van der Waals surface area contributed by atoms with Crippen molar-refractivity contribution in [1.82, 2.24) is 5.32 Å². The van der Waals surface area contributed by atoms with Gasteiger partial charge in [-0.2, -0.15) is 0 Å². The lowest BCUT2D eigenvalue weighted by atomic mass is 9.78. The van der Waals surface area contributed by atoms with E-state index in [0.717, 1.165) is 13.1 Å². The fraction of sp³-hybridized carbons (Fsp3) is 0.778. The summed E-state index contributed by atoms with van der Waals surface area (Å²) in [6.07, 6.45) is 0. The van der Waals surface area contributed by atoms with Crippen molar-refractivity contribution in [2.75, 3.05) is 13.1 Å². The quantitative estimate of drug-likeness (QED) is 0.546. The molecule has 0 spiro atoms. The topological polar surface area (TPSA) is 12.0 Å². The van der Waals surface area contributed by atoms with E-state index in [0.29, 0.717) is 11.3 Å². The lowest BCUT2D eigenvalue weighted by Crippen LogP contribution is -2.22. The highest BCUT2D eigenvalue weighted by Gasteiger charge is 2.34. The first-order valence-electron chi connectivity index (χ1n) is 3.90. The lowest BCUT2D eigenvalue weighted by molar-refractivity contribution is 0.327. The third kappa shape index (κ3) is 1.24. The maximum absolute atomic E-state index is 3.99. The second kappa shape index (κ2) is 2.39. The first-order valence-corrected chi connectivity index (χ1v) is 3.90. The first-order chi connectivity index (χ1) is 4.54. The van der Waals surface area contributed by atoms with Crippen LogP contribution in [-0.2, 0) is 0 Å². The maximum Gasteiger partial charge on any atom is 0.00225 e. The molecular weight excluding hydrogens is 122 g/mol.